The molecule has 2 unspecified atom stereocenters. The molecule has 18 heavy (non-hydrogen) atoms. The summed E-state index contributed by atoms with van der Waals surface area (Å²) in [6, 6.07) is 0. The number of carboxylic acids is 2. The molecule has 102 valence electrons. The molecule has 0 N–H and O–H groups in total. The zero-order valence-corrected chi connectivity index (χ0v) is 9.20. The van der Waals surface area contributed by atoms with E-state index < -0.39 is 23.8 Å². The third-order valence-electron chi connectivity index (χ3n) is 1.88. The maximum absolute atomic E-state index is 10.4. The van der Waals surface area contributed by atoms with Gasteiger partial charge in [0, 0.05) is 23.8 Å². The van der Waals surface area contributed by atoms with Crippen molar-refractivity contribution in [2.45, 2.75) is 56.4 Å². The van der Waals surface area contributed by atoms with Crippen molar-refractivity contribution in [3.8, 4) is 0 Å². The second-order valence-electron chi connectivity index (χ2n) is 2.82. The van der Waals surface area contributed by atoms with Crippen LogP contribution < -0.4 is 47.9 Å². The zero-order chi connectivity index (χ0) is 9.72. The predicted molar refractivity (Wildman–Crippen MR) is 64.5 cm³/mol. The first-order chi connectivity index (χ1) is 5.50. The van der Waals surface area contributed by atoms with E-state index in [9.17, 15) is 19.8 Å². The summed E-state index contributed by atoms with van der Waals surface area (Å²) in [5.74, 6) is -4.55. The Morgan fingerprint density at radius 2 is 1.28 bits per heavy atom. The van der Waals surface area contributed by atoms with Crippen molar-refractivity contribution < 1.29 is 57.5 Å². The van der Waals surface area contributed by atoms with E-state index in [4.69, 9.17) is 0 Å². The van der Waals surface area contributed by atoms with Crippen LogP contribution in [0, 0.1) is 11.8 Å². The Hall–Kier alpha value is 0.135. The van der Waals surface area contributed by atoms with Crippen LogP contribution in [0.25, 0.3) is 0 Å². The van der Waals surface area contributed by atoms with Crippen molar-refractivity contribution >= 4 is 11.9 Å². The van der Waals surface area contributed by atoms with E-state index in [1.54, 1.807) is 6.92 Å². The Bertz CT molecular complexity index is 187. The molecule has 0 saturated carbocycles. The van der Waals surface area contributed by atoms with Gasteiger partial charge >= 0.3 is 37.7 Å². The van der Waals surface area contributed by atoms with Crippen LogP contribution in [0.15, 0.2) is 0 Å². The first-order valence-corrected chi connectivity index (χ1v) is 3.92. The first-order valence-electron chi connectivity index (χ1n) is 3.92. The van der Waals surface area contributed by atoms with Crippen LogP contribution in [-0.2, 0) is 9.59 Å². The third kappa shape index (κ3) is 16.1. The topological polar surface area (TPSA) is 80.3 Å². The fourth-order valence-corrected chi connectivity index (χ4v) is 1.05. The summed E-state index contributed by atoms with van der Waals surface area (Å²) in [4.78, 5) is 20.8. The van der Waals surface area contributed by atoms with Gasteiger partial charge in [-0.05, 0) is 6.42 Å². The third-order valence-corrected chi connectivity index (χ3v) is 1.88. The van der Waals surface area contributed by atoms with Crippen molar-refractivity contribution in [2.24, 2.45) is 11.8 Å². The SMILES string of the molecule is C.C.C.C.CCCC(C(=O)[O-])C(C)C(=O)[O-].[Li+].[Li+]. The molecule has 0 aromatic heterocycles. The number of carbonyl (C=O) groups excluding carboxylic acids is 2. The van der Waals surface area contributed by atoms with Crippen LogP contribution in [0.2, 0.25) is 0 Å². The van der Waals surface area contributed by atoms with E-state index in [0.29, 0.717) is 12.8 Å². The average Bonchev–Trinajstić information content (AvgIpc) is 1.98. The minimum Gasteiger partial charge on any atom is -0.550 e. The molecule has 6 heteroatoms. The molecule has 2 atom stereocenters. The molecule has 0 fully saturated rings. The van der Waals surface area contributed by atoms with Crippen molar-refractivity contribution in [1.82, 2.24) is 0 Å². The number of carbonyl (C=O) groups is 2. The molecular formula is C12H28Li2O4. The summed E-state index contributed by atoms with van der Waals surface area (Å²) >= 11 is 0. The number of hydrogen-bond donors (Lipinski definition) is 0. The number of carboxylic acid groups (broad SMARTS) is 2. The van der Waals surface area contributed by atoms with Gasteiger partial charge in [-0.3, -0.25) is 0 Å². The van der Waals surface area contributed by atoms with Gasteiger partial charge in [0.1, 0.15) is 0 Å². The molecule has 0 radical (unpaired) electrons. The van der Waals surface area contributed by atoms with Crippen molar-refractivity contribution in [3.05, 3.63) is 0 Å². The Morgan fingerprint density at radius 3 is 1.44 bits per heavy atom. The molecule has 0 aromatic carbocycles. The quantitative estimate of drug-likeness (QED) is 0.458. The van der Waals surface area contributed by atoms with Crippen LogP contribution in [0.5, 0.6) is 0 Å². The smallest absolute Gasteiger partial charge is 0.550 e. The average molecular weight is 250 g/mol. The van der Waals surface area contributed by atoms with Crippen molar-refractivity contribution in [2.75, 3.05) is 0 Å². The first kappa shape index (κ1) is 42.9. The summed E-state index contributed by atoms with van der Waals surface area (Å²) in [5, 5.41) is 20.8. The van der Waals surface area contributed by atoms with E-state index in [1.165, 1.54) is 6.92 Å². The van der Waals surface area contributed by atoms with Gasteiger partial charge in [-0.25, -0.2) is 0 Å². The van der Waals surface area contributed by atoms with Gasteiger partial charge in [-0.1, -0.05) is 50.0 Å². The van der Waals surface area contributed by atoms with Gasteiger partial charge < -0.3 is 19.8 Å². The zero-order valence-electron chi connectivity index (χ0n) is 9.20. The Kier molecular flexibility index (Phi) is 53.3. The van der Waals surface area contributed by atoms with Crippen molar-refractivity contribution in [1.29, 1.82) is 0 Å². The van der Waals surface area contributed by atoms with Crippen LogP contribution in [-0.4, -0.2) is 11.9 Å². The molecule has 0 heterocycles. The minimum absolute atomic E-state index is 0. The fourth-order valence-electron chi connectivity index (χ4n) is 1.05. The second-order valence-corrected chi connectivity index (χ2v) is 2.82. The van der Waals surface area contributed by atoms with Crippen LogP contribution in [0.1, 0.15) is 56.4 Å². The minimum atomic E-state index is -1.34. The Balaban J connectivity index is -0.0000000403. The molecule has 0 aliphatic rings. The maximum Gasteiger partial charge on any atom is 1.00 e. The maximum atomic E-state index is 10.4. The summed E-state index contributed by atoms with van der Waals surface area (Å²) in [6.07, 6.45) is 0.938. The molecule has 0 spiro atoms. The Morgan fingerprint density at radius 1 is 0.944 bits per heavy atom. The normalized spacial score (nSPS) is 10.1. The largest absolute Gasteiger partial charge is 1.00 e. The molecule has 0 aliphatic carbocycles. The molecule has 0 bridgehead atoms. The monoisotopic (exact) mass is 250 g/mol. The van der Waals surface area contributed by atoms with Crippen LogP contribution in [0.3, 0.4) is 0 Å². The number of hydrogen-bond acceptors (Lipinski definition) is 4. The molecule has 0 aliphatic heterocycles. The van der Waals surface area contributed by atoms with Gasteiger partial charge in [-0.15, -0.1) is 0 Å². The standard InChI is InChI=1S/C8H14O4.4CH4.2Li/c1-3-4-6(8(11)12)5(2)7(9)10;;;;;;/h5-6H,3-4H2,1-2H3,(H,9,10)(H,11,12);4*1H4;;/q;;;;;2*+1/p-2. The molecule has 0 saturated heterocycles. The summed E-state index contributed by atoms with van der Waals surface area (Å²) in [5.41, 5.74) is 0. The van der Waals surface area contributed by atoms with Gasteiger partial charge in [0.25, 0.3) is 0 Å². The van der Waals surface area contributed by atoms with E-state index >= 15 is 0 Å². The number of rotatable bonds is 5. The molecule has 0 aromatic rings. The summed E-state index contributed by atoms with van der Waals surface area (Å²) in [7, 11) is 0. The van der Waals surface area contributed by atoms with E-state index in [0.717, 1.165) is 0 Å². The fraction of sp³-hybridized carbons (Fsp3) is 0.833. The summed E-state index contributed by atoms with van der Waals surface area (Å²) < 4.78 is 0. The molecule has 0 rings (SSSR count). The molecular weight excluding hydrogens is 222 g/mol. The van der Waals surface area contributed by atoms with Gasteiger partial charge in [0.15, 0.2) is 0 Å². The molecule has 4 nitrogen and oxygen atoms in total. The van der Waals surface area contributed by atoms with E-state index in [1.807, 2.05) is 0 Å². The predicted octanol–water partition coefficient (Wildman–Crippen LogP) is -4.91. The second kappa shape index (κ2) is 22.3. The van der Waals surface area contributed by atoms with E-state index in [-0.39, 0.29) is 67.4 Å². The van der Waals surface area contributed by atoms with Gasteiger partial charge in [0.2, 0.25) is 0 Å². The van der Waals surface area contributed by atoms with E-state index in [2.05, 4.69) is 0 Å². The van der Waals surface area contributed by atoms with Gasteiger partial charge in [-0.2, -0.15) is 0 Å². The summed E-state index contributed by atoms with van der Waals surface area (Å²) in [6.45, 7) is 3.11. The van der Waals surface area contributed by atoms with Crippen LogP contribution >= 0.6 is 0 Å². The Labute approximate surface area is 137 Å². The van der Waals surface area contributed by atoms with Gasteiger partial charge in [0.05, 0.1) is 0 Å². The molecule has 0 amide bonds. The van der Waals surface area contributed by atoms with Crippen LogP contribution in [0.4, 0.5) is 0 Å². The number of aliphatic carboxylic acids is 2. The van der Waals surface area contributed by atoms with Crippen molar-refractivity contribution in [3.63, 3.8) is 0 Å².